The zero-order valence-corrected chi connectivity index (χ0v) is 16.3. The van der Waals surface area contributed by atoms with Crippen molar-refractivity contribution in [1.29, 1.82) is 0 Å². The Morgan fingerprint density at radius 2 is 2.11 bits per heavy atom. The lowest BCUT2D eigenvalue weighted by atomic mass is 10.2. The van der Waals surface area contributed by atoms with E-state index in [1.54, 1.807) is 26.1 Å². The summed E-state index contributed by atoms with van der Waals surface area (Å²) in [6.45, 7) is 1.96. The summed E-state index contributed by atoms with van der Waals surface area (Å²) >= 11 is 0. The van der Waals surface area contributed by atoms with Crippen LogP contribution in [0.3, 0.4) is 0 Å². The third-order valence-corrected chi connectivity index (χ3v) is 7.02. The number of anilines is 2. The predicted molar refractivity (Wildman–Crippen MR) is 100 cm³/mol. The summed E-state index contributed by atoms with van der Waals surface area (Å²) in [5, 5.41) is 6.32. The van der Waals surface area contributed by atoms with E-state index in [-0.39, 0.29) is 29.6 Å². The fourth-order valence-electron chi connectivity index (χ4n) is 3.67. The lowest BCUT2D eigenvalue weighted by molar-refractivity contribution is -0.119. The van der Waals surface area contributed by atoms with Gasteiger partial charge in [0, 0.05) is 25.3 Å². The van der Waals surface area contributed by atoms with E-state index in [1.165, 1.54) is 21.3 Å². The first-order chi connectivity index (χ1) is 13.3. The van der Waals surface area contributed by atoms with Crippen LogP contribution in [0.5, 0.6) is 0 Å². The number of carbonyl (C=O) groups excluding carboxylic acids is 2. The molecule has 2 aliphatic heterocycles. The van der Waals surface area contributed by atoms with Gasteiger partial charge in [0.25, 0.3) is 0 Å². The molecule has 1 aromatic carbocycles. The summed E-state index contributed by atoms with van der Waals surface area (Å²) in [5.41, 5.74) is 1.38. The highest BCUT2D eigenvalue weighted by Crippen LogP contribution is 2.33. The van der Waals surface area contributed by atoms with E-state index in [2.05, 4.69) is 10.5 Å². The van der Waals surface area contributed by atoms with Gasteiger partial charge < -0.3 is 14.7 Å². The minimum absolute atomic E-state index is 0.0779. The summed E-state index contributed by atoms with van der Waals surface area (Å²) in [5.74, 6) is 0.283. The van der Waals surface area contributed by atoms with Crippen molar-refractivity contribution in [3.8, 4) is 0 Å². The summed E-state index contributed by atoms with van der Waals surface area (Å²) in [4.78, 5) is 26.1. The van der Waals surface area contributed by atoms with Gasteiger partial charge in [0.15, 0.2) is 5.82 Å². The number of hydrogen-bond donors (Lipinski definition) is 1. The van der Waals surface area contributed by atoms with E-state index in [4.69, 9.17) is 4.52 Å². The molecule has 1 atom stereocenters. The number of aromatic nitrogens is 1. The molecule has 9 nitrogen and oxygen atoms in total. The summed E-state index contributed by atoms with van der Waals surface area (Å²) in [6.07, 6.45) is 1.18. The van der Waals surface area contributed by atoms with E-state index in [0.717, 1.165) is 0 Å². The number of nitrogens with one attached hydrogen (secondary N) is 1. The fraction of sp³-hybridized carbons (Fsp3) is 0.389. The lowest BCUT2D eigenvalue weighted by Gasteiger charge is -2.23. The molecule has 10 heteroatoms. The second kappa shape index (κ2) is 6.71. The van der Waals surface area contributed by atoms with Gasteiger partial charge in [-0.05, 0) is 43.5 Å². The van der Waals surface area contributed by atoms with E-state index < -0.39 is 22.0 Å². The highest BCUT2D eigenvalue weighted by atomic mass is 32.2. The molecular formula is C18H20N4O5S. The van der Waals surface area contributed by atoms with Crippen LogP contribution in [0.2, 0.25) is 0 Å². The first-order valence-corrected chi connectivity index (χ1v) is 10.4. The average Bonchev–Trinajstić information content (AvgIpc) is 3.35. The quantitative estimate of drug-likeness (QED) is 0.822. The molecule has 1 aromatic heterocycles. The summed E-state index contributed by atoms with van der Waals surface area (Å²) < 4.78 is 32.5. The van der Waals surface area contributed by atoms with Crippen LogP contribution in [0.15, 0.2) is 33.7 Å². The van der Waals surface area contributed by atoms with Crippen molar-refractivity contribution < 1.29 is 22.5 Å². The van der Waals surface area contributed by atoms with E-state index in [9.17, 15) is 18.0 Å². The Bertz CT molecular complexity index is 1060. The Balaban J connectivity index is 1.59. The maximum absolute atomic E-state index is 13.2. The van der Waals surface area contributed by atoms with Crippen LogP contribution < -0.4 is 10.2 Å². The van der Waals surface area contributed by atoms with Gasteiger partial charge in [-0.1, -0.05) is 5.16 Å². The molecule has 2 aliphatic rings. The number of fused-ring (bicyclic) bond motifs is 1. The van der Waals surface area contributed by atoms with Gasteiger partial charge in [-0.15, -0.1) is 0 Å². The van der Waals surface area contributed by atoms with Crippen molar-refractivity contribution >= 4 is 33.3 Å². The molecule has 0 spiro atoms. The van der Waals surface area contributed by atoms with Crippen LogP contribution in [-0.2, 0) is 26.0 Å². The van der Waals surface area contributed by atoms with Gasteiger partial charge >= 0.3 is 0 Å². The number of rotatable bonds is 4. The van der Waals surface area contributed by atoms with E-state index in [1.807, 2.05) is 0 Å². The SMILES string of the molecule is Cc1cc(NC(=O)C2CCCN2S(=O)(=O)c2ccc3c(c2)CC(=O)N3C)no1. The van der Waals surface area contributed by atoms with Gasteiger partial charge in [-0.2, -0.15) is 4.31 Å². The number of carbonyl (C=O) groups is 2. The first kappa shape index (κ1) is 18.6. The van der Waals surface area contributed by atoms with E-state index >= 15 is 0 Å². The van der Waals surface area contributed by atoms with Crippen LogP contribution in [-0.4, -0.2) is 49.3 Å². The van der Waals surface area contributed by atoms with Crippen molar-refractivity contribution in [2.75, 3.05) is 23.8 Å². The summed E-state index contributed by atoms with van der Waals surface area (Å²) in [7, 11) is -2.22. The fourth-order valence-corrected chi connectivity index (χ4v) is 5.37. The van der Waals surface area contributed by atoms with Gasteiger partial charge in [-0.25, -0.2) is 8.42 Å². The van der Waals surface area contributed by atoms with Crippen molar-refractivity contribution in [3.63, 3.8) is 0 Å². The predicted octanol–water partition coefficient (Wildman–Crippen LogP) is 1.29. The van der Waals surface area contributed by atoms with Crippen LogP contribution >= 0.6 is 0 Å². The zero-order chi connectivity index (χ0) is 20.1. The third-order valence-electron chi connectivity index (χ3n) is 5.12. The molecule has 0 saturated carbocycles. The monoisotopic (exact) mass is 404 g/mol. The van der Waals surface area contributed by atoms with Gasteiger partial charge in [-0.3, -0.25) is 9.59 Å². The normalized spacial score (nSPS) is 19.9. The smallest absolute Gasteiger partial charge is 0.244 e. The lowest BCUT2D eigenvalue weighted by Crippen LogP contribution is -2.43. The van der Waals surface area contributed by atoms with Crippen LogP contribution in [0, 0.1) is 6.92 Å². The number of benzene rings is 1. The molecule has 2 amide bonds. The molecule has 1 N–H and O–H groups in total. The van der Waals surface area contributed by atoms with E-state index in [0.29, 0.717) is 29.9 Å². The number of sulfonamides is 1. The van der Waals surface area contributed by atoms with Gasteiger partial charge in [0.1, 0.15) is 11.8 Å². The Hall–Kier alpha value is -2.72. The van der Waals surface area contributed by atoms with Crippen LogP contribution in [0.25, 0.3) is 0 Å². The molecule has 3 heterocycles. The molecule has 1 fully saturated rings. The largest absolute Gasteiger partial charge is 0.360 e. The topological polar surface area (TPSA) is 113 Å². The second-order valence-electron chi connectivity index (χ2n) is 7.01. The van der Waals surface area contributed by atoms with Crippen LogP contribution in [0.1, 0.15) is 24.2 Å². The number of amides is 2. The Morgan fingerprint density at radius 3 is 2.82 bits per heavy atom. The molecule has 2 aromatic rings. The molecule has 1 saturated heterocycles. The standard InChI is InChI=1S/C18H20N4O5S/c1-11-8-16(20-27-11)19-18(24)15-4-3-7-22(15)28(25,26)13-5-6-14-12(9-13)10-17(23)21(14)2/h5-6,8-9,15H,3-4,7,10H2,1-2H3,(H,19,20,24). The molecule has 1 unspecified atom stereocenters. The molecule has 0 radical (unpaired) electrons. The highest BCUT2D eigenvalue weighted by molar-refractivity contribution is 7.89. The minimum atomic E-state index is -3.88. The third kappa shape index (κ3) is 3.08. The van der Waals surface area contributed by atoms with Gasteiger partial charge in [0.2, 0.25) is 21.8 Å². The number of hydrogen-bond acceptors (Lipinski definition) is 6. The number of likely N-dealkylation sites (N-methyl/N-ethyl adjacent to an activating group) is 1. The average molecular weight is 404 g/mol. The van der Waals surface area contributed by atoms with Crippen molar-refractivity contribution in [1.82, 2.24) is 9.46 Å². The summed E-state index contributed by atoms with van der Waals surface area (Å²) in [6, 6.07) is 5.40. The molecule has 0 aliphatic carbocycles. The highest BCUT2D eigenvalue weighted by Gasteiger charge is 2.40. The van der Waals surface area contributed by atoms with Gasteiger partial charge in [0.05, 0.1) is 11.3 Å². The Kier molecular flexibility index (Phi) is 4.47. The van der Waals surface area contributed by atoms with Crippen molar-refractivity contribution in [2.45, 2.75) is 37.1 Å². The Labute approximate surface area is 162 Å². The number of aryl methyl sites for hydroxylation is 1. The maximum atomic E-state index is 13.2. The first-order valence-electron chi connectivity index (χ1n) is 8.93. The molecular weight excluding hydrogens is 384 g/mol. The zero-order valence-electron chi connectivity index (χ0n) is 15.5. The van der Waals surface area contributed by atoms with Crippen LogP contribution in [0.4, 0.5) is 11.5 Å². The van der Waals surface area contributed by atoms with Crippen molar-refractivity contribution in [3.05, 3.63) is 35.6 Å². The second-order valence-corrected chi connectivity index (χ2v) is 8.90. The molecule has 148 valence electrons. The molecule has 4 rings (SSSR count). The number of nitrogens with zero attached hydrogens (tertiary/aromatic N) is 3. The maximum Gasteiger partial charge on any atom is 0.244 e. The van der Waals surface area contributed by atoms with Crippen molar-refractivity contribution in [2.24, 2.45) is 0 Å². The molecule has 28 heavy (non-hydrogen) atoms. The molecule has 0 bridgehead atoms. The minimum Gasteiger partial charge on any atom is -0.360 e. The Morgan fingerprint density at radius 1 is 1.32 bits per heavy atom.